The predicted octanol–water partition coefficient (Wildman–Crippen LogP) is 4.53. The maximum absolute atomic E-state index is 12.9. The van der Waals surface area contributed by atoms with Gasteiger partial charge in [0.25, 0.3) is 0 Å². The second-order valence-corrected chi connectivity index (χ2v) is 6.60. The van der Waals surface area contributed by atoms with E-state index >= 15 is 0 Å². The summed E-state index contributed by atoms with van der Waals surface area (Å²) in [6.07, 6.45) is 0. The molecule has 0 radical (unpaired) electrons. The summed E-state index contributed by atoms with van der Waals surface area (Å²) in [5, 5.41) is 0.644. The van der Waals surface area contributed by atoms with E-state index in [4.69, 9.17) is 0 Å². The largest absolute Gasteiger partial charge is 0.247 e. The third-order valence-electron chi connectivity index (χ3n) is 3.69. The van der Waals surface area contributed by atoms with E-state index in [2.05, 4.69) is 11.1 Å². The molecular weight excluding hydrogens is 290 g/mol. The normalized spacial score (nSPS) is 12.1. The average Bonchev–Trinajstić information content (AvgIpc) is 2.58. The van der Waals surface area contributed by atoms with Gasteiger partial charge in [0.1, 0.15) is 15.8 Å². The fraction of sp³-hybridized carbons (Fsp3) is 0.105. The summed E-state index contributed by atoms with van der Waals surface area (Å²) in [6.45, 7) is 4.02. The van der Waals surface area contributed by atoms with Crippen LogP contribution in [0, 0.1) is 13.8 Å². The van der Waals surface area contributed by atoms with E-state index in [1.807, 2.05) is 74.5 Å². The number of rotatable bonds is 3. The Balaban J connectivity index is 2.12. The Kier molecular flexibility index (Phi) is 4.16. The topological polar surface area (TPSA) is 30.0 Å². The zero-order valence-electron chi connectivity index (χ0n) is 12.6. The monoisotopic (exact) mass is 307 g/mol. The lowest BCUT2D eigenvalue weighted by Crippen LogP contribution is -2.02. The van der Waals surface area contributed by atoms with Gasteiger partial charge in [0.2, 0.25) is 0 Å². The highest BCUT2D eigenvalue weighted by Gasteiger charge is 2.15. The minimum atomic E-state index is -1.26. The molecule has 1 heterocycles. The number of pyridine rings is 1. The Morgan fingerprint density at radius 3 is 2.09 bits per heavy atom. The van der Waals surface area contributed by atoms with E-state index in [1.165, 1.54) is 0 Å². The molecule has 0 saturated heterocycles. The minimum absolute atomic E-state index is 0.644. The van der Waals surface area contributed by atoms with E-state index in [-0.39, 0.29) is 0 Å². The van der Waals surface area contributed by atoms with Crippen LogP contribution in [0.5, 0.6) is 0 Å². The molecule has 0 aliphatic heterocycles. The molecule has 0 N–H and O–H groups in total. The molecule has 1 atom stereocenters. The lowest BCUT2D eigenvalue weighted by Gasteiger charge is -2.11. The minimum Gasteiger partial charge on any atom is -0.247 e. The van der Waals surface area contributed by atoms with Crippen molar-refractivity contribution in [2.75, 3.05) is 0 Å². The third kappa shape index (κ3) is 2.85. The standard InChI is InChI=1S/C19H17NOS/c1-14-13-18(16-9-5-3-6-10-16)20-19(15(14)2)22(21)17-11-7-4-8-12-17/h3-13H,1-2H3. The van der Waals surface area contributed by atoms with Gasteiger partial charge in [0.15, 0.2) is 0 Å². The molecule has 3 heteroatoms. The Morgan fingerprint density at radius 2 is 1.45 bits per heavy atom. The number of benzene rings is 2. The molecule has 0 fully saturated rings. The van der Waals surface area contributed by atoms with Crippen molar-refractivity contribution in [2.45, 2.75) is 23.8 Å². The molecule has 3 aromatic rings. The molecule has 1 aromatic heterocycles. The first-order chi connectivity index (χ1) is 10.7. The summed E-state index contributed by atoms with van der Waals surface area (Å²) in [7, 11) is -1.26. The molecule has 0 aliphatic carbocycles. The molecule has 3 rings (SSSR count). The van der Waals surface area contributed by atoms with Crippen molar-refractivity contribution in [1.82, 2.24) is 4.98 Å². The fourth-order valence-corrected chi connectivity index (χ4v) is 3.55. The van der Waals surface area contributed by atoms with Crippen molar-refractivity contribution in [3.8, 4) is 11.3 Å². The number of nitrogens with zero attached hydrogens (tertiary/aromatic N) is 1. The highest BCUT2D eigenvalue weighted by Crippen LogP contribution is 2.25. The predicted molar refractivity (Wildman–Crippen MR) is 90.3 cm³/mol. The maximum atomic E-state index is 12.9. The Hall–Kier alpha value is -2.26. The van der Waals surface area contributed by atoms with Gasteiger partial charge in [-0.05, 0) is 43.2 Å². The van der Waals surface area contributed by atoms with Crippen LogP contribution in [0.25, 0.3) is 11.3 Å². The molecule has 0 aliphatic rings. The van der Waals surface area contributed by atoms with Gasteiger partial charge in [-0.1, -0.05) is 48.5 Å². The number of aromatic nitrogens is 1. The van der Waals surface area contributed by atoms with E-state index in [0.717, 1.165) is 27.3 Å². The molecular formula is C19H17NOS. The van der Waals surface area contributed by atoms with E-state index in [0.29, 0.717) is 5.03 Å². The van der Waals surface area contributed by atoms with E-state index in [1.54, 1.807) is 0 Å². The van der Waals surface area contributed by atoms with Crippen LogP contribution in [0.2, 0.25) is 0 Å². The fourth-order valence-electron chi connectivity index (χ4n) is 2.30. The van der Waals surface area contributed by atoms with Crippen molar-refractivity contribution < 1.29 is 4.21 Å². The molecule has 0 spiro atoms. The molecule has 0 bridgehead atoms. The molecule has 110 valence electrons. The van der Waals surface area contributed by atoms with Gasteiger partial charge in [-0.2, -0.15) is 0 Å². The van der Waals surface area contributed by atoms with Gasteiger partial charge < -0.3 is 0 Å². The van der Waals surface area contributed by atoms with Gasteiger partial charge in [0.05, 0.1) is 5.69 Å². The van der Waals surface area contributed by atoms with Gasteiger partial charge in [-0.15, -0.1) is 0 Å². The van der Waals surface area contributed by atoms with Gasteiger partial charge in [0, 0.05) is 10.5 Å². The third-order valence-corrected chi connectivity index (χ3v) is 5.14. The van der Waals surface area contributed by atoms with Crippen LogP contribution in [0.1, 0.15) is 11.1 Å². The van der Waals surface area contributed by atoms with Crippen LogP contribution < -0.4 is 0 Å². The zero-order valence-corrected chi connectivity index (χ0v) is 13.4. The van der Waals surface area contributed by atoms with Gasteiger partial charge >= 0.3 is 0 Å². The maximum Gasteiger partial charge on any atom is 0.136 e. The van der Waals surface area contributed by atoms with E-state index < -0.39 is 10.8 Å². The first-order valence-electron chi connectivity index (χ1n) is 7.17. The first kappa shape index (κ1) is 14.7. The Labute approximate surface area is 133 Å². The van der Waals surface area contributed by atoms with Crippen LogP contribution in [0.3, 0.4) is 0 Å². The van der Waals surface area contributed by atoms with Crippen molar-refractivity contribution in [2.24, 2.45) is 0 Å². The van der Waals surface area contributed by atoms with Crippen molar-refractivity contribution in [3.63, 3.8) is 0 Å². The first-order valence-corrected chi connectivity index (χ1v) is 8.32. The van der Waals surface area contributed by atoms with Crippen LogP contribution in [-0.4, -0.2) is 9.19 Å². The van der Waals surface area contributed by atoms with Crippen LogP contribution in [0.4, 0.5) is 0 Å². The van der Waals surface area contributed by atoms with Crippen LogP contribution in [0.15, 0.2) is 76.7 Å². The smallest absolute Gasteiger partial charge is 0.136 e. The second-order valence-electron chi connectivity index (χ2n) is 5.20. The number of hydrogen-bond acceptors (Lipinski definition) is 2. The van der Waals surface area contributed by atoms with Gasteiger partial charge in [-0.25, -0.2) is 9.19 Å². The molecule has 22 heavy (non-hydrogen) atoms. The lowest BCUT2D eigenvalue weighted by atomic mass is 10.1. The number of hydrogen-bond donors (Lipinski definition) is 0. The molecule has 0 amide bonds. The summed E-state index contributed by atoms with van der Waals surface area (Å²) >= 11 is 0. The summed E-state index contributed by atoms with van der Waals surface area (Å²) in [4.78, 5) is 5.46. The van der Waals surface area contributed by atoms with Crippen molar-refractivity contribution >= 4 is 10.8 Å². The zero-order chi connectivity index (χ0) is 15.5. The highest BCUT2D eigenvalue weighted by molar-refractivity contribution is 7.85. The molecule has 2 nitrogen and oxygen atoms in total. The highest BCUT2D eigenvalue weighted by atomic mass is 32.2. The molecule has 0 saturated carbocycles. The summed E-state index contributed by atoms with van der Waals surface area (Å²) in [5.41, 5.74) is 4.00. The molecule has 2 aromatic carbocycles. The average molecular weight is 307 g/mol. The Bertz CT molecular complexity index is 814. The van der Waals surface area contributed by atoms with Crippen LogP contribution >= 0.6 is 0 Å². The second kappa shape index (κ2) is 6.24. The SMILES string of the molecule is Cc1cc(-c2ccccc2)nc(S(=O)c2ccccc2)c1C. The lowest BCUT2D eigenvalue weighted by molar-refractivity contribution is 0.679. The van der Waals surface area contributed by atoms with E-state index in [9.17, 15) is 4.21 Å². The van der Waals surface area contributed by atoms with Gasteiger partial charge in [-0.3, -0.25) is 0 Å². The summed E-state index contributed by atoms with van der Waals surface area (Å²) < 4.78 is 12.9. The Morgan fingerprint density at radius 1 is 0.864 bits per heavy atom. The summed E-state index contributed by atoms with van der Waals surface area (Å²) in [6, 6.07) is 21.5. The quantitative estimate of drug-likeness (QED) is 0.711. The van der Waals surface area contributed by atoms with Crippen molar-refractivity contribution in [3.05, 3.63) is 77.9 Å². The summed E-state index contributed by atoms with van der Waals surface area (Å²) in [5.74, 6) is 0. The van der Waals surface area contributed by atoms with Crippen molar-refractivity contribution in [1.29, 1.82) is 0 Å². The molecule has 1 unspecified atom stereocenters. The number of aryl methyl sites for hydroxylation is 1. The van der Waals surface area contributed by atoms with Crippen LogP contribution in [-0.2, 0) is 10.8 Å².